The maximum absolute atomic E-state index is 12.9. The monoisotopic (exact) mass is 373 g/mol. The standard InChI is InChI=1S/C12H9FIN3O2/c13-7-1-2-10(9(14)3-7)16-5-11-8(12(18)19)4-15-6-17-11/h1-4,6,16H,5H2,(H,18,19). The summed E-state index contributed by atoms with van der Waals surface area (Å²) in [5, 5.41) is 12.0. The van der Waals surface area contributed by atoms with Gasteiger partial charge in [-0.25, -0.2) is 19.2 Å². The summed E-state index contributed by atoms with van der Waals surface area (Å²) in [5.41, 5.74) is 1.15. The van der Waals surface area contributed by atoms with Crippen molar-refractivity contribution < 1.29 is 14.3 Å². The second kappa shape index (κ2) is 5.91. The van der Waals surface area contributed by atoms with Gasteiger partial charge in [0, 0.05) is 15.5 Å². The summed E-state index contributed by atoms with van der Waals surface area (Å²) in [6, 6.07) is 4.32. The van der Waals surface area contributed by atoms with Crippen LogP contribution in [-0.2, 0) is 6.54 Å². The summed E-state index contributed by atoms with van der Waals surface area (Å²) in [4.78, 5) is 18.6. The van der Waals surface area contributed by atoms with Crippen molar-refractivity contribution in [3.63, 3.8) is 0 Å². The van der Waals surface area contributed by atoms with Crippen LogP contribution < -0.4 is 5.32 Å². The minimum atomic E-state index is -1.08. The Morgan fingerprint density at radius 1 is 1.47 bits per heavy atom. The molecule has 0 unspecified atom stereocenters. The van der Waals surface area contributed by atoms with E-state index < -0.39 is 5.97 Å². The van der Waals surface area contributed by atoms with Crippen molar-refractivity contribution in [3.8, 4) is 0 Å². The zero-order valence-electron chi connectivity index (χ0n) is 9.60. The molecule has 1 heterocycles. The molecule has 0 fully saturated rings. The summed E-state index contributed by atoms with van der Waals surface area (Å²) in [7, 11) is 0. The molecule has 2 rings (SSSR count). The number of anilines is 1. The lowest BCUT2D eigenvalue weighted by atomic mass is 10.2. The van der Waals surface area contributed by atoms with Gasteiger partial charge in [0.25, 0.3) is 0 Å². The summed E-state index contributed by atoms with van der Waals surface area (Å²) >= 11 is 2.00. The Bertz CT molecular complexity index is 622. The predicted octanol–water partition coefficient (Wildman–Crippen LogP) is 2.53. The van der Waals surface area contributed by atoms with Gasteiger partial charge in [0.1, 0.15) is 17.7 Å². The van der Waals surface area contributed by atoms with Crippen molar-refractivity contribution in [2.24, 2.45) is 0 Å². The molecule has 0 aliphatic carbocycles. The number of carbonyl (C=O) groups is 1. The second-order valence-corrected chi connectivity index (χ2v) is 4.83. The molecule has 0 amide bonds. The van der Waals surface area contributed by atoms with Crippen LogP contribution in [0.5, 0.6) is 0 Å². The lowest BCUT2D eigenvalue weighted by molar-refractivity contribution is 0.0694. The Morgan fingerprint density at radius 2 is 2.26 bits per heavy atom. The zero-order chi connectivity index (χ0) is 13.8. The maximum atomic E-state index is 12.9. The van der Waals surface area contributed by atoms with Crippen LogP contribution in [0.2, 0.25) is 0 Å². The van der Waals surface area contributed by atoms with E-state index >= 15 is 0 Å². The normalized spacial score (nSPS) is 10.2. The number of nitrogens with zero attached hydrogens (tertiary/aromatic N) is 2. The highest BCUT2D eigenvalue weighted by molar-refractivity contribution is 14.1. The van der Waals surface area contributed by atoms with Gasteiger partial charge in [0.05, 0.1) is 12.2 Å². The van der Waals surface area contributed by atoms with Gasteiger partial charge in [-0.3, -0.25) is 0 Å². The SMILES string of the molecule is O=C(O)c1cncnc1CNc1ccc(F)cc1I. The number of rotatable bonds is 4. The van der Waals surface area contributed by atoms with E-state index in [1.807, 2.05) is 22.6 Å². The summed E-state index contributed by atoms with van der Waals surface area (Å²) in [5.74, 6) is -1.39. The Balaban J connectivity index is 2.17. The summed E-state index contributed by atoms with van der Waals surface area (Å²) < 4.78 is 13.7. The molecular weight excluding hydrogens is 364 g/mol. The van der Waals surface area contributed by atoms with E-state index in [1.165, 1.54) is 24.7 Å². The predicted molar refractivity (Wildman–Crippen MR) is 75.4 cm³/mol. The number of aromatic nitrogens is 2. The molecule has 0 atom stereocenters. The molecule has 0 aliphatic rings. The zero-order valence-corrected chi connectivity index (χ0v) is 11.8. The number of hydrogen-bond acceptors (Lipinski definition) is 4. The van der Waals surface area contributed by atoms with Crippen LogP contribution >= 0.6 is 22.6 Å². The summed E-state index contributed by atoms with van der Waals surface area (Å²) in [6.07, 6.45) is 2.54. The number of hydrogen-bond donors (Lipinski definition) is 2. The van der Waals surface area contributed by atoms with E-state index in [-0.39, 0.29) is 17.9 Å². The molecule has 98 valence electrons. The van der Waals surface area contributed by atoms with Crippen molar-refractivity contribution in [3.05, 3.63) is 51.4 Å². The molecule has 1 aromatic carbocycles. The fraction of sp³-hybridized carbons (Fsp3) is 0.0833. The minimum Gasteiger partial charge on any atom is -0.478 e. The van der Waals surface area contributed by atoms with Crippen LogP contribution in [0.15, 0.2) is 30.7 Å². The molecule has 0 aliphatic heterocycles. The molecule has 0 bridgehead atoms. The van der Waals surface area contributed by atoms with Crippen LogP contribution in [0.4, 0.5) is 10.1 Å². The molecule has 0 radical (unpaired) electrons. The average molecular weight is 373 g/mol. The van der Waals surface area contributed by atoms with Gasteiger partial charge in [-0.2, -0.15) is 0 Å². The smallest absolute Gasteiger partial charge is 0.339 e. The Kier molecular flexibility index (Phi) is 4.25. The largest absolute Gasteiger partial charge is 0.478 e. The molecule has 5 nitrogen and oxygen atoms in total. The van der Waals surface area contributed by atoms with Gasteiger partial charge in [0.15, 0.2) is 0 Å². The molecule has 2 aromatic rings. The molecular formula is C12H9FIN3O2. The van der Waals surface area contributed by atoms with Crippen molar-refractivity contribution in [2.75, 3.05) is 5.32 Å². The van der Waals surface area contributed by atoms with Crippen LogP contribution in [0.1, 0.15) is 16.1 Å². The number of nitrogens with one attached hydrogen (secondary N) is 1. The average Bonchev–Trinajstić information content (AvgIpc) is 2.38. The van der Waals surface area contributed by atoms with Gasteiger partial charge >= 0.3 is 5.97 Å². The first-order valence-electron chi connectivity index (χ1n) is 5.29. The molecule has 0 saturated carbocycles. The third-order valence-corrected chi connectivity index (χ3v) is 3.30. The first-order valence-corrected chi connectivity index (χ1v) is 6.37. The van der Waals surface area contributed by atoms with Crippen LogP contribution in [0.3, 0.4) is 0 Å². The highest BCUT2D eigenvalue weighted by Gasteiger charge is 2.11. The highest BCUT2D eigenvalue weighted by Crippen LogP contribution is 2.19. The minimum absolute atomic E-state index is 0.0483. The van der Waals surface area contributed by atoms with E-state index in [4.69, 9.17) is 5.11 Å². The van der Waals surface area contributed by atoms with E-state index in [9.17, 15) is 9.18 Å². The first-order chi connectivity index (χ1) is 9.08. The lowest BCUT2D eigenvalue weighted by Crippen LogP contribution is -2.10. The number of carboxylic acid groups (broad SMARTS) is 1. The van der Waals surface area contributed by atoms with Crippen molar-refractivity contribution in [1.82, 2.24) is 9.97 Å². The third kappa shape index (κ3) is 3.37. The van der Waals surface area contributed by atoms with Gasteiger partial charge in [-0.15, -0.1) is 0 Å². The molecule has 2 N–H and O–H groups in total. The fourth-order valence-corrected chi connectivity index (χ4v) is 2.15. The molecule has 19 heavy (non-hydrogen) atoms. The Hall–Kier alpha value is -1.77. The molecule has 0 saturated heterocycles. The first kappa shape index (κ1) is 13.7. The van der Waals surface area contributed by atoms with Gasteiger partial charge in [0.2, 0.25) is 0 Å². The van der Waals surface area contributed by atoms with E-state index in [1.54, 1.807) is 6.07 Å². The number of carboxylic acids is 1. The number of aromatic carboxylic acids is 1. The molecule has 1 aromatic heterocycles. The Labute approximate surface area is 122 Å². The quantitative estimate of drug-likeness (QED) is 0.806. The number of halogens is 2. The lowest BCUT2D eigenvalue weighted by Gasteiger charge is -2.09. The van der Waals surface area contributed by atoms with E-state index in [2.05, 4.69) is 15.3 Å². The van der Waals surface area contributed by atoms with Crippen LogP contribution in [-0.4, -0.2) is 21.0 Å². The van der Waals surface area contributed by atoms with Gasteiger partial charge < -0.3 is 10.4 Å². The van der Waals surface area contributed by atoms with E-state index in [0.29, 0.717) is 9.26 Å². The van der Waals surface area contributed by atoms with Gasteiger partial charge in [-0.1, -0.05) is 0 Å². The third-order valence-electron chi connectivity index (χ3n) is 2.40. The maximum Gasteiger partial charge on any atom is 0.339 e. The van der Waals surface area contributed by atoms with Crippen LogP contribution in [0, 0.1) is 9.39 Å². The van der Waals surface area contributed by atoms with Crippen molar-refractivity contribution >= 4 is 34.2 Å². The summed E-state index contributed by atoms with van der Waals surface area (Å²) in [6.45, 7) is 0.228. The highest BCUT2D eigenvalue weighted by atomic mass is 127. The van der Waals surface area contributed by atoms with Gasteiger partial charge in [-0.05, 0) is 40.8 Å². The Morgan fingerprint density at radius 3 is 2.95 bits per heavy atom. The molecule has 7 heteroatoms. The molecule has 0 spiro atoms. The second-order valence-electron chi connectivity index (χ2n) is 3.67. The fourth-order valence-electron chi connectivity index (χ4n) is 1.49. The topological polar surface area (TPSA) is 75.1 Å². The van der Waals surface area contributed by atoms with Crippen LogP contribution in [0.25, 0.3) is 0 Å². The van der Waals surface area contributed by atoms with Crippen molar-refractivity contribution in [2.45, 2.75) is 6.54 Å². The number of benzene rings is 1. The van der Waals surface area contributed by atoms with Crippen molar-refractivity contribution in [1.29, 1.82) is 0 Å². The van der Waals surface area contributed by atoms with E-state index in [0.717, 1.165) is 5.69 Å².